The number of methoxy groups -OCH3 is 2. The summed E-state index contributed by atoms with van der Waals surface area (Å²) < 4.78 is 21.3. The van der Waals surface area contributed by atoms with Gasteiger partial charge in [0.2, 0.25) is 11.3 Å². The Morgan fingerprint density at radius 3 is 2.39 bits per heavy atom. The lowest BCUT2D eigenvalue weighted by Crippen LogP contribution is -2.23. The highest BCUT2D eigenvalue weighted by Gasteiger charge is 2.34. The highest BCUT2D eigenvalue weighted by atomic mass is 16.5. The summed E-state index contributed by atoms with van der Waals surface area (Å²) in [6.45, 7) is 0. The molecule has 0 saturated heterocycles. The molecule has 0 unspecified atom stereocenters. The second-order valence-electron chi connectivity index (χ2n) is 7.45. The van der Waals surface area contributed by atoms with Crippen LogP contribution in [0.3, 0.4) is 0 Å². The molecule has 31 heavy (non-hydrogen) atoms. The minimum atomic E-state index is -0.816. The molecule has 0 amide bonds. The van der Waals surface area contributed by atoms with Crippen LogP contribution in [0.5, 0.6) is 0 Å². The number of benzene rings is 1. The summed E-state index contributed by atoms with van der Waals surface area (Å²) in [4.78, 5) is 38.4. The normalized spacial score (nSPS) is 14.4. The van der Waals surface area contributed by atoms with Gasteiger partial charge in [0.15, 0.2) is 5.76 Å². The van der Waals surface area contributed by atoms with Crippen LogP contribution in [-0.2, 0) is 9.47 Å². The largest absolute Gasteiger partial charge is 0.465 e. The molecular weight excluding hydrogens is 402 g/mol. The number of carbonyl (C=O) groups excluding carboxylic acids is 2. The van der Waals surface area contributed by atoms with Crippen molar-refractivity contribution < 1.29 is 27.9 Å². The monoisotopic (exact) mass is 425 g/mol. The molecule has 0 spiro atoms. The average Bonchev–Trinajstić information content (AvgIpc) is 3.17. The topological polar surface area (TPSA) is 108 Å². The Hall–Kier alpha value is -3.55. The van der Waals surface area contributed by atoms with E-state index in [1.165, 1.54) is 20.5 Å². The molecule has 1 aliphatic carbocycles. The SMILES string of the molecule is COC(=O)c1c(NC2CCCCC2)oc(-c2coc3ccccc3c2=O)c1C(=O)OC. The van der Waals surface area contributed by atoms with Crippen LogP contribution in [0.25, 0.3) is 22.3 Å². The van der Waals surface area contributed by atoms with E-state index < -0.39 is 11.9 Å². The summed E-state index contributed by atoms with van der Waals surface area (Å²) in [5.41, 5.74) is -0.240. The van der Waals surface area contributed by atoms with Gasteiger partial charge in [-0.2, -0.15) is 0 Å². The molecule has 0 bridgehead atoms. The van der Waals surface area contributed by atoms with Gasteiger partial charge in [0.25, 0.3) is 0 Å². The Labute approximate surface area is 178 Å². The quantitative estimate of drug-likeness (QED) is 0.601. The van der Waals surface area contributed by atoms with Gasteiger partial charge in [0.05, 0.1) is 19.6 Å². The fourth-order valence-corrected chi connectivity index (χ4v) is 3.98. The molecule has 3 aromatic rings. The van der Waals surface area contributed by atoms with Gasteiger partial charge in [-0.3, -0.25) is 4.79 Å². The van der Waals surface area contributed by atoms with Gasteiger partial charge in [-0.15, -0.1) is 0 Å². The molecule has 0 aliphatic heterocycles. The molecule has 2 aromatic heterocycles. The number of rotatable bonds is 5. The zero-order valence-corrected chi connectivity index (χ0v) is 17.4. The third kappa shape index (κ3) is 3.81. The maximum Gasteiger partial charge on any atom is 0.344 e. The van der Waals surface area contributed by atoms with E-state index >= 15 is 0 Å². The molecule has 1 aromatic carbocycles. The first-order chi connectivity index (χ1) is 15.0. The van der Waals surface area contributed by atoms with E-state index in [9.17, 15) is 14.4 Å². The molecule has 0 atom stereocenters. The van der Waals surface area contributed by atoms with Crippen LogP contribution in [0.4, 0.5) is 5.88 Å². The first kappa shape index (κ1) is 20.7. The van der Waals surface area contributed by atoms with Gasteiger partial charge in [-0.25, -0.2) is 9.59 Å². The summed E-state index contributed by atoms with van der Waals surface area (Å²) in [6, 6.07) is 6.82. The molecule has 0 radical (unpaired) electrons. The zero-order chi connectivity index (χ0) is 22.0. The van der Waals surface area contributed by atoms with E-state index in [1.54, 1.807) is 24.3 Å². The number of nitrogens with one attached hydrogen (secondary N) is 1. The van der Waals surface area contributed by atoms with Crippen molar-refractivity contribution in [3.63, 3.8) is 0 Å². The molecule has 1 N–H and O–H groups in total. The van der Waals surface area contributed by atoms with E-state index in [1.807, 2.05) is 0 Å². The molecule has 1 saturated carbocycles. The molecule has 1 aliphatic rings. The van der Waals surface area contributed by atoms with E-state index in [4.69, 9.17) is 18.3 Å². The summed E-state index contributed by atoms with van der Waals surface area (Å²) in [5, 5.41) is 3.55. The predicted molar refractivity (Wildman–Crippen MR) is 113 cm³/mol. The number of furan rings is 1. The molecule has 8 nitrogen and oxygen atoms in total. The van der Waals surface area contributed by atoms with Crippen LogP contribution < -0.4 is 10.7 Å². The summed E-state index contributed by atoms with van der Waals surface area (Å²) in [5.74, 6) is -1.59. The minimum Gasteiger partial charge on any atom is -0.465 e. The number of esters is 2. The van der Waals surface area contributed by atoms with Crippen LogP contribution in [0.15, 0.2) is 44.2 Å². The molecule has 8 heteroatoms. The Morgan fingerprint density at radius 1 is 1.00 bits per heavy atom. The Morgan fingerprint density at radius 2 is 1.68 bits per heavy atom. The van der Waals surface area contributed by atoms with Gasteiger partial charge in [-0.05, 0) is 25.0 Å². The second kappa shape index (κ2) is 8.67. The second-order valence-corrected chi connectivity index (χ2v) is 7.45. The summed E-state index contributed by atoms with van der Waals surface area (Å²) in [6.07, 6.45) is 6.29. The summed E-state index contributed by atoms with van der Waals surface area (Å²) in [7, 11) is 2.40. The highest BCUT2D eigenvalue weighted by molar-refractivity contribution is 6.10. The van der Waals surface area contributed by atoms with Crippen molar-refractivity contribution >= 4 is 28.8 Å². The Balaban J connectivity index is 1.93. The Kier molecular flexibility index (Phi) is 5.79. The molecule has 4 rings (SSSR count). The van der Waals surface area contributed by atoms with Crippen molar-refractivity contribution in [3.8, 4) is 11.3 Å². The number of para-hydroxylation sites is 1. The van der Waals surface area contributed by atoms with Crippen molar-refractivity contribution in [2.75, 3.05) is 19.5 Å². The number of hydrogen-bond donors (Lipinski definition) is 1. The number of ether oxygens (including phenoxy) is 2. The molecule has 162 valence electrons. The van der Waals surface area contributed by atoms with Crippen LogP contribution >= 0.6 is 0 Å². The number of hydrogen-bond acceptors (Lipinski definition) is 8. The van der Waals surface area contributed by atoms with Gasteiger partial charge in [0.1, 0.15) is 28.5 Å². The van der Waals surface area contributed by atoms with Crippen molar-refractivity contribution in [2.24, 2.45) is 0 Å². The van der Waals surface area contributed by atoms with Crippen molar-refractivity contribution in [2.45, 2.75) is 38.1 Å². The molecule has 1 fully saturated rings. The van der Waals surface area contributed by atoms with Crippen molar-refractivity contribution in [1.82, 2.24) is 0 Å². The van der Waals surface area contributed by atoms with E-state index in [2.05, 4.69) is 5.32 Å². The minimum absolute atomic E-state index is 0.0148. The van der Waals surface area contributed by atoms with Gasteiger partial charge in [-0.1, -0.05) is 31.4 Å². The van der Waals surface area contributed by atoms with Crippen molar-refractivity contribution in [3.05, 3.63) is 51.9 Å². The third-order valence-corrected chi connectivity index (χ3v) is 5.55. The van der Waals surface area contributed by atoms with Crippen LogP contribution in [-0.4, -0.2) is 32.2 Å². The third-order valence-electron chi connectivity index (χ3n) is 5.55. The predicted octanol–water partition coefficient (Wildman–Crippen LogP) is 4.37. The number of fused-ring (bicyclic) bond motifs is 1. The van der Waals surface area contributed by atoms with E-state index in [0.29, 0.717) is 11.0 Å². The lowest BCUT2D eigenvalue weighted by molar-refractivity contribution is 0.0558. The summed E-state index contributed by atoms with van der Waals surface area (Å²) >= 11 is 0. The van der Waals surface area contributed by atoms with E-state index in [-0.39, 0.29) is 39.8 Å². The molecule has 2 heterocycles. The first-order valence-corrected chi connectivity index (χ1v) is 10.2. The van der Waals surface area contributed by atoms with Crippen LogP contribution in [0.2, 0.25) is 0 Å². The maximum atomic E-state index is 13.1. The maximum absolute atomic E-state index is 13.1. The number of carbonyl (C=O) groups is 2. The molecular formula is C23H23NO7. The zero-order valence-electron chi connectivity index (χ0n) is 17.4. The van der Waals surface area contributed by atoms with Crippen molar-refractivity contribution in [1.29, 1.82) is 0 Å². The van der Waals surface area contributed by atoms with E-state index in [0.717, 1.165) is 32.1 Å². The average molecular weight is 425 g/mol. The van der Waals surface area contributed by atoms with Crippen LogP contribution in [0.1, 0.15) is 52.8 Å². The Bertz CT molecular complexity index is 1180. The number of anilines is 1. The first-order valence-electron chi connectivity index (χ1n) is 10.2. The standard InChI is InChI=1S/C23H23NO7/c1-28-22(26)17-18(23(27)29-2)21(24-13-8-4-3-5-9-13)31-20(17)15-12-30-16-11-7-6-10-14(16)19(15)25/h6-7,10-13,24H,3-5,8-9H2,1-2H3. The smallest absolute Gasteiger partial charge is 0.344 e. The van der Waals surface area contributed by atoms with Gasteiger partial charge >= 0.3 is 11.9 Å². The van der Waals surface area contributed by atoms with Crippen LogP contribution in [0, 0.1) is 0 Å². The fraction of sp³-hybridized carbons (Fsp3) is 0.348. The lowest BCUT2D eigenvalue weighted by Gasteiger charge is -2.22. The van der Waals surface area contributed by atoms with Gasteiger partial charge < -0.3 is 23.6 Å². The fourth-order valence-electron chi connectivity index (χ4n) is 3.98. The highest BCUT2D eigenvalue weighted by Crippen LogP contribution is 2.37. The lowest BCUT2D eigenvalue weighted by atomic mass is 9.95. The van der Waals surface area contributed by atoms with Gasteiger partial charge in [0, 0.05) is 6.04 Å².